The molecule has 0 bridgehead atoms. The molecule has 1 heterocycles. The number of aliphatic hydroxyl groups is 1. The van der Waals surface area contributed by atoms with E-state index < -0.39 is 33.4 Å². The van der Waals surface area contributed by atoms with Gasteiger partial charge < -0.3 is 14.6 Å². The van der Waals surface area contributed by atoms with Crippen molar-refractivity contribution in [1.29, 1.82) is 0 Å². The highest BCUT2D eigenvalue weighted by molar-refractivity contribution is 7.87. The highest BCUT2D eigenvalue weighted by Gasteiger charge is 2.40. The fourth-order valence-corrected chi connectivity index (χ4v) is 3.38. The van der Waals surface area contributed by atoms with Gasteiger partial charge in [-0.3, -0.25) is 9.00 Å². The molecule has 0 aromatic heterocycles. The van der Waals surface area contributed by atoms with Gasteiger partial charge in [-0.2, -0.15) is 0 Å². The van der Waals surface area contributed by atoms with Crippen LogP contribution in [0, 0.1) is 5.92 Å². The average molecular weight is 334 g/mol. The van der Waals surface area contributed by atoms with Crippen LogP contribution in [0.4, 0.5) is 0 Å². The Morgan fingerprint density at radius 3 is 2.32 bits per heavy atom. The molecule has 0 aromatic carbocycles. The van der Waals surface area contributed by atoms with Crippen molar-refractivity contribution < 1.29 is 23.6 Å². The molecule has 0 radical (unpaired) electrons. The summed E-state index contributed by atoms with van der Waals surface area (Å²) in [7, 11) is -1.25. The fraction of sp³-hybridized carbons (Fsp3) is 0.938. The summed E-state index contributed by atoms with van der Waals surface area (Å²) >= 11 is 0. The molecule has 5 nitrogen and oxygen atoms in total. The fourth-order valence-electron chi connectivity index (χ4n) is 2.43. The summed E-state index contributed by atoms with van der Waals surface area (Å²) in [6.07, 6.45) is 0.992. The molecule has 1 fully saturated rings. The molecule has 1 aliphatic rings. The maximum Gasteiger partial charge on any atom is 0.170 e. The third kappa shape index (κ3) is 5.41. The summed E-state index contributed by atoms with van der Waals surface area (Å²) in [5.41, 5.74) is 0. The number of rotatable bonds is 8. The van der Waals surface area contributed by atoms with Crippen LogP contribution in [0.25, 0.3) is 0 Å². The molecule has 0 spiro atoms. The molecule has 1 N–H and O–H groups in total. The Morgan fingerprint density at radius 1 is 1.32 bits per heavy atom. The summed E-state index contributed by atoms with van der Waals surface area (Å²) in [4.78, 5) is 12.2. The lowest BCUT2D eigenvalue weighted by molar-refractivity contribution is -0.185. The second-order valence-corrected chi connectivity index (χ2v) is 9.19. The van der Waals surface area contributed by atoms with E-state index in [1.165, 1.54) is 0 Å². The number of carbonyl (C=O) groups excluding carboxylic acids is 1. The van der Waals surface area contributed by atoms with Gasteiger partial charge in [-0.05, 0) is 20.8 Å². The molecule has 0 aromatic rings. The second-order valence-electron chi connectivity index (χ2n) is 6.99. The number of carbonyl (C=O) groups is 1. The van der Waals surface area contributed by atoms with Crippen LogP contribution in [0.3, 0.4) is 0 Å². The van der Waals surface area contributed by atoms with Crippen LogP contribution in [-0.2, 0) is 25.1 Å². The molecule has 0 saturated carbocycles. The zero-order valence-corrected chi connectivity index (χ0v) is 15.2. The third-order valence-electron chi connectivity index (χ3n) is 4.01. The van der Waals surface area contributed by atoms with Gasteiger partial charge in [-0.25, -0.2) is 0 Å². The number of ether oxygens (including phenoxy) is 2. The van der Waals surface area contributed by atoms with Gasteiger partial charge in [0, 0.05) is 34.3 Å². The number of Topliss-reactive ketones (excluding diaryl/α,β-unsaturated/α-hetero) is 1. The Hall–Kier alpha value is -0.300. The minimum atomic E-state index is -1.25. The van der Waals surface area contributed by atoms with Crippen molar-refractivity contribution in [2.24, 2.45) is 5.92 Å². The van der Waals surface area contributed by atoms with Crippen LogP contribution in [0.2, 0.25) is 0 Å². The number of hydrogen-bond donors (Lipinski definition) is 1. The van der Waals surface area contributed by atoms with E-state index in [0.717, 1.165) is 6.42 Å². The van der Waals surface area contributed by atoms with E-state index in [9.17, 15) is 14.1 Å². The molecule has 0 aliphatic carbocycles. The molecule has 1 saturated heterocycles. The van der Waals surface area contributed by atoms with Gasteiger partial charge in [0.1, 0.15) is 0 Å². The zero-order chi connectivity index (χ0) is 17.0. The van der Waals surface area contributed by atoms with Crippen molar-refractivity contribution in [1.82, 2.24) is 0 Å². The molecule has 1 aliphatic heterocycles. The SMILES string of the molecule is CCCC1(C[C@H](O)[C@@H](C)C(=O)CS(=O)C(C)(C)C)OCCO1. The van der Waals surface area contributed by atoms with Crippen LogP contribution >= 0.6 is 0 Å². The first-order chi connectivity index (χ1) is 10.1. The van der Waals surface area contributed by atoms with Crippen LogP contribution in [-0.4, -0.2) is 50.7 Å². The van der Waals surface area contributed by atoms with Crippen LogP contribution in [0.1, 0.15) is 53.9 Å². The molecule has 1 unspecified atom stereocenters. The number of hydrogen-bond acceptors (Lipinski definition) is 5. The van der Waals surface area contributed by atoms with Gasteiger partial charge in [-0.15, -0.1) is 0 Å². The van der Waals surface area contributed by atoms with E-state index in [4.69, 9.17) is 9.47 Å². The maximum atomic E-state index is 12.2. The Morgan fingerprint density at radius 2 is 1.86 bits per heavy atom. The number of aliphatic hydroxyl groups excluding tert-OH is 1. The smallest absolute Gasteiger partial charge is 0.170 e. The predicted octanol–water partition coefficient (Wildman–Crippen LogP) is 2.03. The Labute approximate surface area is 136 Å². The van der Waals surface area contributed by atoms with Crippen LogP contribution < -0.4 is 0 Å². The first-order valence-electron chi connectivity index (χ1n) is 7.98. The summed E-state index contributed by atoms with van der Waals surface area (Å²) < 4.78 is 23.0. The normalized spacial score (nSPS) is 22.3. The highest BCUT2D eigenvalue weighted by Crippen LogP contribution is 2.32. The minimum absolute atomic E-state index is 0.0236. The topological polar surface area (TPSA) is 72.8 Å². The van der Waals surface area contributed by atoms with Gasteiger partial charge in [0.2, 0.25) is 0 Å². The van der Waals surface area contributed by atoms with Crippen LogP contribution in [0.15, 0.2) is 0 Å². The van der Waals surface area contributed by atoms with Crippen molar-refractivity contribution in [2.45, 2.75) is 70.5 Å². The van der Waals surface area contributed by atoms with E-state index >= 15 is 0 Å². The molecular formula is C16H30O5S. The monoisotopic (exact) mass is 334 g/mol. The van der Waals surface area contributed by atoms with Crippen molar-refractivity contribution in [3.05, 3.63) is 0 Å². The Kier molecular flexibility index (Phi) is 7.18. The van der Waals surface area contributed by atoms with Crippen molar-refractivity contribution in [2.75, 3.05) is 19.0 Å². The molecule has 1 rings (SSSR count). The van der Waals surface area contributed by atoms with Gasteiger partial charge in [0.25, 0.3) is 0 Å². The summed E-state index contributed by atoms with van der Waals surface area (Å²) in [6, 6.07) is 0. The average Bonchev–Trinajstić information content (AvgIpc) is 2.85. The molecule has 130 valence electrons. The minimum Gasteiger partial charge on any atom is -0.392 e. The standard InChI is InChI=1S/C16H30O5S/c1-6-7-16(20-8-9-21-16)10-13(17)12(2)14(18)11-22(19)15(3,4)5/h12-13,17H,6-11H2,1-5H3/t12-,13+,22?/m1/s1. The van der Waals surface area contributed by atoms with Gasteiger partial charge >= 0.3 is 0 Å². The lowest BCUT2D eigenvalue weighted by atomic mass is 9.92. The summed E-state index contributed by atoms with van der Waals surface area (Å²) in [6.45, 7) is 10.3. The maximum absolute atomic E-state index is 12.2. The Bertz CT molecular complexity index is 396. The zero-order valence-electron chi connectivity index (χ0n) is 14.4. The predicted molar refractivity (Wildman–Crippen MR) is 87.1 cm³/mol. The van der Waals surface area contributed by atoms with Crippen molar-refractivity contribution >= 4 is 16.6 Å². The van der Waals surface area contributed by atoms with Crippen molar-refractivity contribution in [3.63, 3.8) is 0 Å². The molecule has 3 atom stereocenters. The van der Waals surface area contributed by atoms with E-state index in [-0.39, 0.29) is 18.0 Å². The molecule has 6 heteroatoms. The second kappa shape index (κ2) is 7.99. The summed E-state index contributed by atoms with van der Waals surface area (Å²) in [5, 5.41) is 10.4. The first kappa shape index (κ1) is 19.7. The molecule has 0 amide bonds. The first-order valence-corrected chi connectivity index (χ1v) is 9.30. The lowest BCUT2D eigenvalue weighted by Crippen LogP contribution is -2.40. The van der Waals surface area contributed by atoms with Gasteiger partial charge in [0.05, 0.1) is 25.1 Å². The number of ketones is 1. The quantitative estimate of drug-likeness (QED) is 0.735. The van der Waals surface area contributed by atoms with Gasteiger partial charge in [-0.1, -0.05) is 20.3 Å². The van der Waals surface area contributed by atoms with E-state index in [1.54, 1.807) is 6.92 Å². The summed E-state index contributed by atoms with van der Waals surface area (Å²) in [5.74, 6) is -1.55. The van der Waals surface area contributed by atoms with Crippen LogP contribution in [0.5, 0.6) is 0 Å². The van der Waals surface area contributed by atoms with Gasteiger partial charge in [0.15, 0.2) is 11.6 Å². The van der Waals surface area contributed by atoms with Crippen molar-refractivity contribution in [3.8, 4) is 0 Å². The largest absolute Gasteiger partial charge is 0.392 e. The molecular weight excluding hydrogens is 304 g/mol. The van der Waals surface area contributed by atoms with E-state index in [2.05, 4.69) is 0 Å². The molecule has 22 heavy (non-hydrogen) atoms. The van der Waals surface area contributed by atoms with E-state index in [0.29, 0.717) is 19.6 Å². The highest BCUT2D eigenvalue weighted by atomic mass is 32.2. The Balaban J connectivity index is 2.62. The lowest BCUT2D eigenvalue weighted by Gasteiger charge is -2.31. The van der Waals surface area contributed by atoms with E-state index in [1.807, 2.05) is 27.7 Å². The third-order valence-corrected chi connectivity index (χ3v) is 5.92.